The van der Waals surface area contributed by atoms with Gasteiger partial charge in [-0.2, -0.15) is 0 Å². The van der Waals surface area contributed by atoms with Crippen molar-refractivity contribution in [2.45, 2.75) is 57.7 Å². The average molecular weight is 535 g/mol. The Bertz CT molecular complexity index is 1460. The summed E-state index contributed by atoms with van der Waals surface area (Å²) in [5.41, 5.74) is 1.20. The third kappa shape index (κ3) is 5.78. The number of ether oxygens (including phenoxy) is 2. The molecule has 2 aliphatic heterocycles. The van der Waals surface area contributed by atoms with Crippen LogP contribution in [0, 0.1) is 5.92 Å². The number of esters is 1. The van der Waals surface area contributed by atoms with E-state index in [-0.39, 0.29) is 29.8 Å². The standard InChI is InChI=1S/C30H34N2O7/c1-18(2)38-22-9-7-20(8-10-22)24(13-28(35)37-3)30-29(36)26(33)12-23(39-30)17-31-14-19-11-21(16-31)25-5-4-6-27(34)32(25)15-19/h4-10,12,18-19,21,24,36H,11,13-17H2,1-3H3/t19-,21+,24+/m0/s1. The van der Waals surface area contributed by atoms with E-state index in [1.54, 1.807) is 30.3 Å². The number of aromatic nitrogens is 1. The van der Waals surface area contributed by atoms with Crippen molar-refractivity contribution < 1.29 is 23.8 Å². The Kier molecular flexibility index (Phi) is 7.61. The Morgan fingerprint density at radius 2 is 1.87 bits per heavy atom. The maximum atomic E-state index is 12.9. The van der Waals surface area contributed by atoms with Crippen LogP contribution >= 0.6 is 0 Å². The van der Waals surface area contributed by atoms with Crippen molar-refractivity contribution in [2.75, 3.05) is 20.2 Å². The molecule has 5 rings (SSSR count). The Hall–Kier alpha value is -3.85. The first-order valence-electron chi connectivity index (χ1n) is 13.3. The quantitative estimate of drug-likeness (QED) is 0.437. The van der Waals surface area contributed by atoms with Crippen molar-refractivity contribution in [1.29, 1.82) is 0 Å². The number of hydrogen-bond donors (Lipinski definition) is 1. The van der Waals surface area contributed by atoms with Crippen molar-refractivity contribution in [2.24, 2.45) is 5.92 Å². The van der Waals surface area contributed by atoms with E-state index < -0.39 is 23.1 Å². The van der Waals surface area contributed by atoms with Crippen molar-refractivity contribution in [3.05, 3.63) is 91.9 Å². The average Bonchev–Trinajstić information content (AvgIpc) is 2.90. The molecule has 2 aliphatic rings. The molecule has 1 N–H and O–H groups in total. The minimum atomic E-state index is -0.724. The summed E-state index contributed by atoms with van der Waals surface area (Å²) in [6.45, 7) is 6.40. The van der Waals surface area contributed by atoms with Crippen molar-refractivity contribution in [1.82, 2.24) is 9.47 Å². The predicted molar refractivity (Wildman–Crippen MR) is 144 cm³/mol. The van der Waals surface area contributed by atoms with E-state index in [0.717, 1.165) is 25.2 Å². The first-order valence-corrected chi connectivity index (χ1v) is 13.3. The number of aromatic hydroxyl groups is 1. The third-order valence-corrected chi connectivity index (χ3v) is 7.50. The predicted octanol–water partition coefficient (Wildman–Crippen LogP) is 3.61. The van der Waals surface area contributed by atoms with E-state index in [2.05, 4.69) is 4.90 Å². The normalized spacial score (nSPS) is 19.4. The molecule has 2 bridgehead atoms. The lowest BCUT2D eigenvalue weighted by Gasteiger charge is -2.42. The van der Waals surface area contributed by atoms with Gasteiger partial charge in [-0.1, -0.05) is 18.2 Å². The van der Waals surface area contributed by atoms with E-state index in [1.165, 1.54) is 13.2 Å². The molecule has 0 aliphatic carbocycles. The number of carbonyl (C=O) groups excluding carboxylic acids is 1. The van der Waals surface area contributed by atoms with E-state index in [4.69, 9.17) is 13.9 Å². The van der Waals surface area contributed by atoms with Crippen LogP contribution in [0.4, 0.5) is 0 Å². The van der Waals surface area contributed by atoms with Gasteiger partial charge >= 0.3 is 5.97 Å². The van der Waals surface area contributed by atoms with Crippen LogP contribution in [-0.4, -0.2) is 46.8 Å². The highest BCUT2D eigenvalue weighted by atomic mass is 16.5. The molecule has 3 aromatic rings. The number of piperidine rings is 1. The van der Waals surface area contributed by atoms with Crippen LogP contribution in [0.3, 0.4) is 0 Å². The molecule has 9 nitrogen and oxygen atoms in total. The number of rotatable bonds is 8. The van der Waals surface area contributed by atoms with Crippen LogP contribution in [-0.2, 0) is 22.6 Å². The molecule has 3 atom stereocenters. The minimum Gasteiger partial charge on any atom is -0.502 e. The number of carbonyl (C=O) groups is 1. The van der Waals surface area contributed by atoms with Crippen molar-refractivity contribution in [3.63, 3.8) is 0 Å². The molecule has 9 heteroatoms. The zero-order chi connectivity index (χ0) is 27.7. The number of nitrogens with zero attached hydrogens (tertiary/aromatic N) is 2. The maximum absolute atomic E-state index is 12.9. The zero-order valence-corrected chi connectivity index (χ0v) is 22.5. The van der Waals surface area contributed by atoms with E-state index in [0.29, 0.717) is 36.1 Å². The summed E-state index contributed by atoms with van der Waals surface area (Å²) >= 11 is 0. The SMILES string of the molecule is COC(=O)C[C@H](c1ccc(OC(C)C)cc1)c1oc(CN2C[C@@H]3C[C@H](C2)c2cccc(=O)n2C3)cc(=O)c1O. The third-order valence-electron chi connectivity index (χ3n) is 7.50. The Morgan fingerprint density at radius 3 is 2.59 bits per heavy atom. The van der Waals surface area contributed by atoms with Crippen LogP contribution in [0.15, 0.2) is 62.5 Å². The number of benzene rings is 1. The maximum Gasteiger partial charge on any atom is 0.306 e. The van der Waals surface area contributed by atoms with E-state index in [9.17, 15) is 19.5 Å². The largest absolute Gasteiger partial charge is 0.502 e. The molecule has 0 unspecified atom stereocenters. The molecule has 4 heterocycles. The van der Waals surface area contributed by atoms with Gasteiger partial charge in [0, 0.05) is 43.4 Å². The summed E-state index contributed by atoms with van der Waals surface area (Å²) in [6.07, 6.45) is 0.909. The smallest absolute Gasteiger partial charge is 0.306 e. The summed E-state index contributed by atoms with van der Waals surface area (Å²) in [5.74, 6) is -0.0806. The van der Waals surface area contributed by atoms with Gasteiger partial charge < -0.3 is 23.6 Å². The topological polar surface area (TPSA) is 111 Å². The van der Waals surface area contributed by atoms with Gasteiger partial charge in [-0.25, -0.2) is 0 Å². The number of methoxy groups -OCH3 is 1. The van der Waals surface area contributed by atoms with Crippen LogP contribution in [0.5, 0.6) is 11.5 Å². The van der Waals surface area contributed by atoms with Crippen LogP contribution in [0.25, 0.3) is 0 Å². The lowest BCUT2D eigenvalue weighted by molar-refractivity contribution is -0.140. The molecule has 0 amide bonds. The molecule has 1 saturated heterocycles. The monoisotopic (exact) mass is 534 g/mol. The van der Waals surface area contributed by atoms with Gasteiger partial charge in [-0.05, 0) is 49.9 Å². The Labute approximate surface area is 226 Å². The highest BCUT2D eigenvalue weighted by Gasteiger charge is 2.35. The second-order valence-electron chi connectivity index (χ2n) is 10.8. The molecular weight excluding hydrogens is 500 g/mol. The van der Waals surface area contributed by atoms with E-state index in [1.807, 2.05) is 30.5 Å². The molecule has 2 aromatic heterocycles. The van der Waals surface area contributed by atoms with Gasteiger partial charge in [-0.3, -0.25) is 19.3 Å². The Balaban J connectivity index is 1.43. The van der Waals surface area contributed by atoms with Gasteiger partial charge in [0.2, 0.25) is 11.2 Å². The summed E-state index contributed by atoms with van der Waals surface area (Å²) in [7, 11) is 1.30. The lowest BCUT2D eigenvalue weighted by atomic mass is 9.83. The van der Waals surface area contributed by atoms with Crippen LogP contribution in [0.2, 0.25) is 0 Å². The molecule has 206 valence electrons. The zero-order valence-electron chi connectivity index (χ0n) is 22.5. The summed E-state index contributed by atoms with van der Waals surface area (Å²) in [4.78, 5) is 39.8. The number of pyridine rings is 1. The molecule has 1 aromatic carbocycles. The minimum absolute atomic E-state index is 0.00390. The van der Waals surface area contributed by atoms with Gasteiger partial charge in [-0.15, -0.1) is 0 Å². The fraction of sp³-hybridized carbons (Fsp3) is 0.433. The number of likely N-dealkylation sites (tertiary alicyclic amines) is 1. The summed E-state index contributed by atoms with van der Waals surface area (Å²) in [6, 6.07) is 13.9. The van der Waals surface area contributed by atoms with Crippen molar-refractivity contribution >= 4 is 5.97 Å². The molecule has 0 spiro atoms. The molecule has 0 radical (unpaired) electrons. The van der Waals surface area contributed by atoms with Crippen LogP contribution in [0.1, 0.15) is 61.3 Å². The number of hydrogen-bond acceptors (Lipinski definition) is 8. The lowest BCUT2D eigenvalue weighted by Crippen LogP contribution is -2.46. The Morgan fingerprint density at radius 1 is 1.10 bits per heavy atom. The molecule has 0 saturated carbocycles. The van der Waals surface area contributed by atoms with Gasteiger partial charge in [0.1, 0.15) is 11.5 Å². The highest BCUT2D eigenvalue weighted by Crippen LogP contribution is 2.37. The van der Waals surface area contributed by atoms with Crippen LogP contribution < -0.4 is 15.7 Å². The summed E-state index contributed by atoms with van der Waals surface area (Å²) < 4.78 is 18.7. The van der Waals surface area contributed by atoms with E-state index >= 15 is 0 Å². The van der Waals surface area contributed by atoms with Gasteiger partial charge in [0.25, 0.3) is 5.56 Å². The second-order valence-corrected chi connectivity index (χ2v) is 10.8. The second kappa shape index (κ2) is 11.1. The fourth-order valence-electron chi connectivity index (χ4n) is 5.88. The summed E-state index contributed by atoms with van der Waals surface area (Å²) in [5, 5.41) is 10.8. The fourth-order valence-corrected chi connectivity index (χ4v) is 5.88. The van der Waals surface area contributed by atoms with Crippen molar-refractivity contribution in [3.8, 4) is 11.5 Å². The first-order chi connectivity index (χ1) is 18.7. The number of fused-ring (bicyclic) bond motifs is 4. The molecular formula is C30H34N2O7. The highest BCUT2D eigenvalue weighted by molar-refractivity contribution is 5.71. The van der Waals surface area contributed by atoms with Gasteiger partial charge in [0.05, 0.1) is 32.1 Å². The first kappa shape index (κ1) is 26.7. The molecule has 1 fully saturated rings. The van der Waals surface area contributed by atoms with Gasteiger partial charge in [0.15, 0.2) is 5.76 Å². The molecule has 39 heavy (non-hydrogen) atoms.